The van der Waals surface area contributed by atoms with E-state index in [1.165, 1.54) is 19.2 Å². The van der Waals surface area contributed by atoms with E-state index in [0.717, 1.165) is 22.6 Å². The van der Waals surface area contributed by atoms with E-state index in [1.54, 1.807) is 18.2 Å². The second-order valence-corrected chi connectivity index (χ2v) is 6.47. The third-order valence-electron chi connectivity index (χ3n) is 3.75. The number of carbonyl (C=O) groups is 2. The van der Waals surface area contributed by atoms with Crippen molar-refractivity contribution in [2.45, 2.75) is 13.1 Å². The number of halogens is 4. The van der Waals surface area contributed by atoms with Crippen LogP contribution in [0.4, 0.5) is 18.9 Å². The van der Waals surface area contributed by atoms with Crippen molar-refractivity contribution < 1.29 is 27.5 Å². The minimum atomic E-state index is -4.60. The SMILES string of the molecule is Cc1ccc(Cl)c(OCC(=O)N(C)CC(=O)Nc2ccccc2C(F)(F)F)c1. The first-order chi connectivity index (χ1) is 13.1. The summed E-state index contributed by atoms with van der Waals surface area (Å²) < 4.78 is 44.3. The molecule has 0 spiro atoms. The Morgan fingerprint density at radius 3 is 2.54 bits per heavy atom. The zero-order valence-corrected chi connectivity index (χ0v) is 15.9. The summed E-state index contributed by atoms with van der Waals surface area (Å²) in [4.78, 5) is 25.2. The molecule has 150 valence electrons. The molecule has 2 amide bonds. The number of hydrogen-bond donors (Lipinski definition) is 1. The fourth-order valence-electron chi connectivity index (χ4n) is 2.30. The number of benzene rings is 2. The zero-order chi connectivity index (χ0) is 20.9. The summed E-state index contributed by atoms with van der Waals surface area (Å²) >= 11 is 5.98. The second kappa shape index (κ2) is 8.97. The van der Waals surface area contributed by atoms with Gasteiger partial charge in [-0.15, -0.1) is 0 Å². The van der Waals surface area contributed by atoms with E-state index in [-0.39, 0.29) is 12.3 Å². The maximum atomic E-state index is 13.0. The van der Waals surface area contributed by atoms with Crippen LogP contribution in [-0.2, 0) is 15.8 Å². The molecule has 0 bridgehead atoms. The number of alkyl halides is 3. The molecule has 0 aliphatic rings. The van der Waals surface area contributed by atoms with E-state index < -0.39 is 30.1 Å². The lowest BCUT2D eigenvalue weighted by molar-refractivity contribution is -0.137. The molecule has 0 saturated carbocycles. The van der Waals surface area contributed by atoms with Crippen molar-refractivity contribution in [1.29, 1.82) is 0 Å². The summed E-state index contributed by atoms with van der Waals surface area (Å²) in [7, 11) is 1.35. The Bertz CT molecular complexity index is 872. The smallest absolute Gasteiger partial charge is 0.418 e. The van der Waals surface area contributed by atoms with Crippen molar-refractivity contribution in [2.75, 3.05) is 25.5 Å². The molecule has 2 aromatic rings. The maximum absolute atomic E-state index is 13.0. The zero-order valence-electron chi connectivity index (χ0n) is 15.1. The van der Waals surface area contributed by atoms with Gasteiger partial charge >= 0.3 is 6.18 Å². The van der Waals surface area contributed by atoms with Crippen molar-refractivity contribution in [3.05, 3.63) is 58.6 Å². The molecule has 5 nitrogen and oxygen atoms in total. The van der Waals surface area contributed by atoms with Crippen LogP contribution in [0.5, 0.6) is 5.75 Å². The number of aryl methyl sites for hydroxylation is 1. The molecule has 2 aromatic carbocycles. The lowest BCUT2D eigenvalue weighted by Gasteiger charge is -2.19. The summed E-state index contributed by atoms with van der Waals surface area (Å²) in [6, 6.07) is 9.69. The predicted molar refractivity (Wildman–Crippen MR) is 99.4 cm³/mol. The highest BCUT2D eigenvalue weighted by molar-refractivity contribution is 6.32. The number of para-hydroxylation sites is 1. The summed E-state index contributed by atoms with van der Waals surface area (Å²) in [5.41, 5.74) is -0.443. The second-order valence-electron chi connectivity index (χ2n) is 6.06. The minimum absolute atomic E-state index is 0.326. The molecule has 9 heteroatoms. The van der Waals surface area contributed by atoms with Gasteiger partial charge in [0.15, 0.2) is 6.61 Å². The molecule has 0 atom stereocenters. The quantitative estimate of drug-likeness (QED) is 0.772. The van der Waals surface area contributed by atoms with Gasteiger partial charge in [-0.1, -0.05) is 29.8 Å². The molecule has 1 N–H and O–H groups in total. The molecule has 2 rings (SSSR count). The van der Waals surface area contributed by atoms with E-state index in [0.29, 0.717) is 10.8 Å². The van der Waals surface area contributed by atoms with Gasteiger partial charge in [0.25, 0.3) is 5.91 Å². The number of amides is 2. The predicted octanol–water partition coefficient (Wildman–Crippen LogP) is 4.14. The first-order valence-corrected chi connectivity index (χ1v) is 8.54. The molecule has 0 saturated heterocycles. The van der Waals surface area contributed by atoms with Crippen molar-refractivity contribution in [1.82, 2.24) is 4.90 Å². The molecular weight excluding hydrogens is 397 g/mol. The van der Waals surface area contributed by atoms with Crippen LogP contribution in [0.2, 0.25) is 5.02 Å². The number of rotatable bonds is 6. The Hall–Kier alpha value is -2.74. The summed E-state index contributed by atoms with van der Waals surface area (Å²) in [5, 5.41) is 2.51. The van der Waals surface area contributed by atoms with Gasteiger partial charge in [-0.3, -0.25) is 9.59 Å². The van der Waals surface area contributed by atoms with Gasteiger partial charge in [-0.2, -0.15) is 13.2 Å². The maximum Gasteiger partial charge on any atom is 0.418 e. The number of likely N-dealkylation sites (N-methyl/N-ethyl adjacent to an activating group) is 1. The van der Waals surface area contributed by atoms with Crippen LogP contribution in [0.1, 0.15) is 11.1 Å². The highest BCUT2D eigenvalue weighted by atomic mass is 35.5. The summed E-state index contributed by atoms with van der Waals surface area (Å²) in [5.74, 6) is -0.968. The molecule has 0 radical (unpaired) electrons. The fourth-order valence-corrected chi connectivity index (χ4v) is 2.48. The Morgan fingerprint density at radius 2 is 1.86 bits per heavy atom. The van der Waals surface area contributed by atoms with Crippen molar-refractivity contribution in [2.24, 2.45) is 0 Å². The van der Waals surface area contributed by atoms with Gasteiger partial charge < -0.3 is 15.0 Å². The van der Waals surface area contributed by atoms with E-state index in [4.69, 9.17) is 16.3 Å². The number of carbonyl (C=O) groups excluding carboxylic acids is 2. The largest absolute Gasteiger partial charge is 0.482 e. The fraction of sp³-hybridized carbons (Fsp3) is 0.263. The highest BCUT2D eigenvalue weighted by Gasteiger charge is 2.33. The third kappa shape index (κ3) is 5.88. The van der Waals surface area contributed by atoms with Gasteiger partial charge in [-0.25, -0.2) is 0 Å². The molecular formula is C19H18ClF3N2O3. The van der Waals surface area contributed by atoms with Crippen LogP contribution >= 0.6 is 11.6 Å². The normalized spacial score (nSPS) is 11.1. The van der Waals surface area contributed by atoms with E-state index in [9.17, 15) is 22.8 Å². The lowest BCUT2D eigenvalue weighted by Crippen LogP contribution is -2.37. The number of ether oxygens (including phenoxy) is 1. The van der Waals surface area contributed by atoms with E-state index >= 15 is 0 Å². The number of nitrogens with zero attached hydrogens (tertiary/aromatic N) is 1. The van der Waals surface area contributed by atoms with Crippen LogP contribution in [0.25, 0.3) is 0 Å². The highest BCUT2D eigenvalue weighted by Crippen LogP contribution is 2.34. The number of nitrogens with one attached hydrogen (secondary N) is 1. The first kappa shape index (κ1) is 21.6. The van der Waals surface area contributed by atoms with Gasteiger partial charge in [0.1, 0.15) is 5.75 Å². The molecule has 0 fully saturated rings. The summed E-state index contributed by atoms with van der Waals surface area (Å²) in [6.45, 7) is 1.03. The molecule has 0 aromatic heterocycles. The van der Waals surface area contributed by atoms with Gasteiger partial charge in [0.05, 0.1) is 22.8 Å². The van der Waals surface area contributed by atoms with Gasteiger partial charge in [0, 0.05) is 7.05 Å². The number of anilines is 1. The van der Waals surface area contributed by atoms with Gasteiger partial charge in [-0.05, 0) is 36.8 Å². The van der Waals surface area contributed by atoms with Gasteiger partial charge in [0.2, 0.25) is 5.91 Å². The van der Waals surface area contributed by atoms with Crippen LogP contribution in [0.15, 0.2) is 42.5 Å². The molecule has 0 unspecified atom stereocenters. The third-order valence-corrected chi connectivity index (χ3v) is 4.06. The average molecular weight is 415 g/mol. The van der Waals surface area contributed by atoms with Crippen molar-refractivity contribution in [3.63, 3.8) is 0 Å². The Morgan fingerprint density at radius 1 is 1.18 bits per heavy atom. The van der Waals surface area contributed by atoms with Crippen LogP contribution in [-0.4, -0.2) is 36.9 Å². The average Bonchev–Trinajstić information content (AvgIpc) is 2.61. The van der Waals surface area contributed by atoms with E-state index in [2.05, 4.69) is 5.32 Å². The Balaban J connectivity index is 1.93. The minimum Gasteiger partial charge on any atom is -0.482 e. The standard InChI is InChI=1S/C19H18ClF3N2O3/c1-12-7-8-14(20)16(9-12)28-11-18(27)25(2)10-17(26)24-15-6-4-3-5-13(15)19(21,22)23/h3-9H,10-11H2,1-2H3,(H,24,26). The van der Waals surface area contributed by atoms with E-state index in [1.807, 2.05) is 6.92 Å². The van der Waals surface area contributed by atoms with Crippen LogP contribution in [0, 0.1) is 6.92 Å². The van der Waals surface area contributed by atoms with Crippen LogP contribution in [0.3, 0.4) is 0 Å². The Kier molecular flexibility index (Phi) is 6.90. The molecule has 28 heavy (non-hydrogen) atoms. The van der Waals surface area contributed by atoms with Crippen molar-refractivity contribution in [3.8, 4) is 5.75 Å². The van der Waals surface area contributed by atoms with Crippen molar-refractivity contribution >= 4 is 29.1 Å². The van der Waals surface area contributed by atoms with Crippen LogP contribution < -0.4 is 10.1 Å². The molecule has 0 aliphatic carbocycles. The Labute approximate surface area is 165 Å². The molecule has 0 heterocycles. The lowest BCUT2D eigenvalue weighted by atomic mass is 10.1. The monoisotopic (exact) mass is 414 g/mol. The number of hydrogen-bond acceptors (Lipinski definition) is 3. The topological polar surface area (TPSA) is 58.6 Å². The first-order valence-electron chi connectivity index (χ1n) is 8.17. The molecule has 0 aliphatic heterocycles. The summed E-state index contributed by atoms with van der Waals surface area (Å²) in [6.07, 6.45) is -4.60.